The number of nitrogens with zero attached hydrogens (tertiary/aromatic N) is 1. The van der Waals surface area contributed by atoms with Crippen LogP contribution in [0.25, 0.3) is 0 Å². The number of nitrogens with one attached hydrogen (secondary N) is 1. The van der Waals surface area contributed by atoms with E-state index in [-0.39, 0.29) is 0 Å². The molecule has 112 valence electrons. The summed E-state index contributed by atoms with van der Waals surface area (Å²) in [5.74, 6) is 1.65. The molecule has 0 amide bonds. The van der Waals surface area contributed by atoms with Crippen molar-refractivity contribution in [2.24, 2.45) is 0 Å². The zero-order valence-corrected chi connectivity index (χ0v) is 14.3. The molecule has 2 rings (SSSR count). The summed E-state index contributed by atoms with van der Waals surface area (Å²) in [5.41, 5.74) is 3.45. The molecule has 1 aromatic heterocycles. The van der Waals surface area contributed by atoms with Crippen molar-refractivity contribution in [2.75, 3.05) is 6.54 Å². The molecule has 1 heterocycles. The first-order valence-corrected chi connectivity index (χ1v) is 7.99. The van der Waals surface area contributed by atoms with Crippen molar-refractivity contribution >= 4 is 15.9 Å². The van der Waals surface area contributed by atoms with E-state index in [1.54, 1.807) is 12.4 Å². The van der Waals surface area contributed by atoms with E-state index < -0.39 is 0 Å². The maximum Gasteiger partial charge on any atom is 0.150 e. The van der Waals surface area contributed by atoms with Gasteiger partial charge in [-0.3, -0.25) is 4.98 Å². The molecule has 2 aromatic rings. The van der Waals surface area contributed by atoms with E-state index in [9.17, 15) is 0 Å². The van der Waals surface area contributed by atoms with Gasteiger partial charge in [0.15, 0.2) is 0 Å². The molecule has 0 unspecified atom stereocenters. The van der Waals surface area contributed by atoms with Gasteiger partial charge in [0.05, 0.1) is 6.20 Å². The van der Waals surface area contributed by atoms with E-state index in [1.165, 1.54) is 11.1 Å². The van der Waals surface area contributed by atoms with Crippen molar-refractivity contribution in [3.63, 3.8) is 0 Å². The molecular weight excluding hydrogens is 328 g/mol. The van der Waals surface area contributed by atoms with Crippen molar-refractivity contribution in [3.8, 4) is 11.5 Å². The van der Waals surface area contributed by atoms with Gasteiger partial charge in [-0.15, -0.1) is 0 Å². The topological polar surface area (TPSA) is 34.2 Å². The predicted octanol–water partition coefficient (Wildman–Crippen LogP) is 4.75. The first-order valence-electron chi connectivity index (χ1n) is 7.20. The standard InChI is InChI=1S/C17H21BrN2O/c1-4-6-19-10-14-5-7-20-11-16(14)21-15-8-12(2)17(18)13(3)9-15/h5,7-9,11,19H,4,6,10H2,1-3H3. The second-order valence-corrected chi connectivity index (χ2v) is 5.93. The number of benzene rings is 1. The molecule has 1 N–H and O–H groups in total. The molecule has 0 fully saturated rings. The minimum absolute atomic E-state index is 0.792. The summed E-state index contributed by atoms with van der Waals surface area (Å²) in [7, 11) is 0. The minimum Gasteiger partial charge on any atom is -0.455 e. The highest BCUT2D eigenvalue weighted by atomic mass is 79.9. The molecule has 1 aromatic carbocycles. The van der Waals surface area contributed by atoms with Crippen LogP contribution in [0.5, 0.6) is 11.5 Å². The summed E-state index contributed by atoms with van der Waals surface area (Å²) in [6.45, 7) is 8.08. The third kappa shape index (κ3) is 4.29. The SMILES string of the molecule is CCCNCc1ccncc1Oc1cc(C)c(Br)c(C)c1. The maximum absolute atomic E-state index is 6.03. The third-order valence-corrected chi connectivity index (χ3v) is 4.50. The Kier molecular flexibility index (Phi) is 5.76. The van der Waals surface area contributed by atoms with Gasteiger partial charge in [-0.05, 0) is 56.1 Å². The van der Waals surface area contributed by atoms with Gasteiger partial charge in [-0.25, -0.2) is 0 Å². The number of aryl methyl sites for hydroxylation is 2. The predicted molar refractivity (Wildman–Crippen MR) is 89.9 cm³/mol. The van der Waals surface area contributed by atoms with Crippen LogP contribution in [-0.2, 0) is 6.54 Å². The number of pyridine rings is 1. The van der Waals surface area contributed by atoms with Gasteiger partial charge >= 0.3 is 0 Å². The van der Waals surface area contributed by atoms with Crippen LogP contribution in [0.1, 0.15) is 30.0 Å². The van der Waals surface area contributed by atoms with Crippen LogP contribution >= 0.6 is 15.9 Å². The van der Waals surface area contributed by atoms with Gasteiger partial charge in [-0.1, -0.05) is 22.9 Å². The Hall–Kier alpha value is -1.39. The molecule has 0 aliphatic heterocycles. The quantitative estimate of drug-likeness (QED) is 0.764. The monoisotopic (exact) mass is 348 g/mol. The van der Waals surface area contributed by atoms with Crippen LogP contribution in [0.4, 0.5) is 0 Å². The van der Waals surface area contributed by atoms with Crippen molar-refractivity contribution in [2.45, 2.75) is 33.7 Å². The Morgan fingerprint density at radius 3 is 2.62 bits per heavy atom. The lowest BCUT2D eigenvalue weighted by Crippen LogP contribution is -2.14. The molecule has 0 aliphatic rings. The number of halogens is 1. The molecule has 0 radical (unpaired) electrons. The summed E-state index contributed by atoms with van der Waals surface area (Å²) in [6, 6.07) is 6.07. The lowest BCUT2D eigenvalue weighted by atomic mass is 10.1. The number of ether oxygens (including phenoxy) is 1. The van der Waals surface area contributed by atoms with Crippen molar-refractivity contribution in [1.29, 1.82) is 0 Å². The van der Waals surface area contributed by atoms with Crippen LogP contribution in [0.2, 0.25) is 0 Å². The Morgan fingerprint density at radius 1 is 1.24 bits per heavy atom. The highest BCUT2D eigenvalue weighted by molar-refractivity contribution is 9.10. The Balaban J connectivity index is 2.19. The van der Waals surface area contributed by atoms with Gasteiger partial charge in [0.1, 0.15) is 11.5 Å². The summed E-state index contributed by atoms with van der Waals surface area (Å²) in [6.07, 6.45) is 4.69. The molecule has 0 saturated heterocycles. The molecule has 0 spiro atoms. The lowest BCUT2D eigenvalue weighted by molar-refractivity contribution is 0.469. The molecule has 0 aliphatic carbocycles. The van der Waals surface area contributed by atoms with E-state index in [4.69, 9.17) is 4.74 Å². The summed E-state index contributed by atoms with van der Waals surface area (Å²) < 4.78 is 7.16. The van der Waals surface area contributed by atoms with Crippen LogP contribution in [0.15, 0.2) is 35.1 Å². The van der Waals surface area contributed by atoms with Gasteiger partial charge < -0.3 is 10.1 Å². The summed E-state index contributed by atoms with van der Waals surface area (Å²) in [5, 5.41) is 3.39. The van der Waals surface area contributed by atoms with E-state index >= 15 is 0 Å². The van der Waals surface area contributed by atoms with E-state index in [1.807, 2.05) is 18.2 Å². The smallest absolute Gasteiger partial charge is 0.150 e. The highest BCUT2D eigenvalue weighted by Crippen LogP contribution is 2.30. The normalized spacial score (nSPS) is 10.7. The largest absolute Gasteiger partial charge is 0.455 e. The van der Waals surface area contributed by atoms with Crippen molar-refractivity contribution in [3.05, 3.63) is 51.8 Å². The number of hydrogen-bond donors (Lipinski definition) is 1. The molecule has 0 bridgehead atoms. The molecule has 4 heteroatoms. The molecule has 21 heavy (non-hydrogen) atoms. The first kappa shape index (κ1) is 16.0. The van der Waals surface area contributed by atoms with Gasteiger partial charge in [0.25, 0.3) is 0 Å². The molecule has 3 nitrogen and oxygen atoms in total. The second kappa shape index (κ2) is 7.57. The maximum atomic E-state index is 6.03. The number of aromatic nitrogens is 1. The third-order valence-electron chi connectivity index (χ3n) is 3.25. The van der Waals surface area contributed by atoms with Crippen LogP contribution in [0.3, 0.4) is 0 Å². The fourth-order valence-corrected chi connectivity index (χ4v) is 2.37. The first-order chi connectivity index (χ1) is 10.1. The van der Waals surface area contributed by atoms with Crippen LogP contribution in [0, 0.1) is 13.8 Å². The van der Waals surface area contributed by atoms with Gasteiger partial charge in [-0.2, -0.15) is 0 Å². The fraction of sp³-hybridized carbons (Fsp3) is 0.353. The Bertz CT molecular complexity index is 590. The van der Waals surface area contributed by atoms with E-state index in [2.05, 4.69) is 47.0 Å². The van der Waals surface area contributed by atoms with Gasteiger partial charge in [0.2, 0.25) is 0 Å². The number of rotatable bonds is 6. The second-order valence-electron chi connectivity index (χ2n) is 5.13. The molecule has 0 atom stereocenters. The van der Waals surface area contributed by atoms with Gasteiger partial charge in [0, 0.05) is 22.8 Å². The average Bonchev–Trinajstić information content (AvgIpc) is 2.47. The fourth-order valence-electron chi connectivity index (χ4n) is 2.14. The average molecular weight is 349 g/mol. The van der Waals surface area contributed by atoms with E-state index in [0.29, 0.717) is 0 Å². The molecular formula is C17H21BrN2O. The highest BCUT2D eigenvalue weighted by Gasteiger charge is 2.08. The Morgan fingerprint density at radius 2 is 1.95 bits per heavy atom. The lowest BCUT2D eigenvalue weighted by Gasteiger charge is -2.13. The zero-order valence-electron chi connectivity index (χ0n) is 12.7. The zero-order chi connectivity index (χ0) is 15.2. The van der Waals surface area contributed by atoms with E-state index in [0.717, 1.165) is 41.0 Å². The Labute approximate surface area is 134 Å². The minimum atomic E-state index is 0.792. The van der Waals surface area contributed by atoms with Crippen molar-refractivity contribution < 1.29 is 4.74 Å². The van der Waals surface area contributed by atoms with Crippen molar-refractivity contribution in [1.82, 2.24) is 10.3 Å². The summed E-state index contributed by atoms with van der Waals surface area (Å²) >= 11 is 3.58. The molecule has 0 saturated carbocycles. The van der Waals surface area contributed by atoms with Crippen LogP contribution in [-0.4, -0.2) is 11.5 Å². The van der Waals surface area contributed by atoms with Crippen LogP contribution < -0.4 is 10.1 Å². The summed E-state index contributed by atoms with van der Waals surface area (Å²) in [4.78, 5) is 4.17. The number of hydrogen-bond acceptors (Lipinski definition) is 3.